The molecule has 2 heterocycles. The van der Waals surface area contributed by atoms with Gasteiger partial charge in [0.2, 0.25) is 0 Å². The van der Waals surface area contributed by atoms with Crippen molar-refractivity contribution in [1.82, 2.24) is 5.32 Å². The van der Waals surface area contributed by atoms with Gasteiger partial charge in [-0.1, -0.05) is 32.0 Å². The van der Waals surface area contributed by atoms with Crippen molar-refractivity contribution in [1.29, 1.82) is 0 Å². The maximum Gasteiger partial charge on any atom is 0.165 e. The van der Waals surface area contributed by atoms with E-state index in [0.717, 1.165) is 37.7 Å². The number of benzene rings is 1. The summed E-state index contributed by atoms with van der Waals surface area (Å²) in [6.07, 6.45) is 0.936. The first kappa shape index (κ1) is 15.4. The van der Waals surface area contributed by atoms with Crippen molar-refractivity contribution in [3.05, 3.63) is 46.2 Å². The van der Waals surface area contributed by atoms with Crippen LogP contribution < -0.4 is 14.8 Å². The molecule has 0 unspecified atom stereocenters. The first-order chi connectivity index (χ1) is 10.8. The lowest BCUT2D eigenvalue weighted by Gasteiger charge is -2.22. The van der Waals surface area contributed by atoms with Gasteiger partial charge < -0.3 is 14.8 Å². The Balaban J connectivity index is 1.76. The predicted molar refractivity (Wildman–Crippen MR) is 90.8 cm³/mol. The van der Waals surface area contributed by atoms with Gasteiger partial charge in [-0.2, -0.15) is 0 Å². The van der Waals surface area contributed by atoms with E-state index in [1.165, 1.54) is 10.4 Å². The van der Waals surface area contributed by atoms with Gasteiger partial charge in [-0.15, -0.1) is 11.3 Å². The van der Waals surface area contributed by atoms with Crippen LogP contribution in [0.15, 0.2) is 35.7 Å². The van der Waals surface area contributed by atoms with E-state index < -0.39 is 0 Å². The van der Waals surface area contributed by atoms with Crippen molar-refractivity contribution >= 4 is 11.3 Å². The van der Waals surface area contributed by atoms with E-state index in [1.807, 2.05) is 23.5 Å². The second-order valence-electron chi connectivity index (χ2n) is 5.91. The summed E-state index contributed by atoms with van der Waals surface area (Å²) in [6, 6.07) is 10.8. The summed E-state index contributed by atoms with van der Waals surface area (Å²) in [5.41, 5.74) is 1.17. The topological polar surface area (TPSA) is 30.5 Å². The quantitative estimate of drug-likeness (QED) is 0.887. The van der Waals surface area contributed by atoms with Crippen LogP contribution >= 0.6 is 11.3 Å². The molecular weight excluding hydrogens is 294 g/mol. The fraction of sp³-hybridized carbons (Fsp3) is 0.444. The van der Waals surface area contributed by atoms with Crippen LogP contribution in [0, 0.1) is 5.92 Å². The van der Waals surface area contributed by atoms with Gasteiger partial charge in [0, 0.05) is 29.4 Å². The molecule has 3 nitrogen and oxygen atoms in total. The minimum Gasteiger partial charge on any atom is -0.490 e. The number of rotatable bonds is 5. The minimum absolute atomic E-state index is 0.363. The van der Waals surface area contributed by atoms with Crippen molar-refractivity contribution in [3.63, 3.8) is 0 Å². The molecule has 1 aromatic heterocycles. The molecule has 0 spiro atoms. The second kappa shape index (κ2) is 7.16. The average Bonchev–Trinajstić information content (AvgIpc) is 2.91. The Morgan fingerprint density at radius 3 is 2.77 bits per heavy atom. The molecule has 3 rings (SSSR count). The molecule has 1 aliphatic heterocycles. The summed E-state index contributed by atoms with van der Waals surface area (Å²) in [5.74, 6) is 2.31. The van der Waals surface area contributed by atoms with Gasteiger partial charge in [0.25, 0.3) is 0 Å². The number of para-hydroxylation sites is 1. The SMILES string of the molecule is CC(C)[C@@H](NCc1cccc2c1OCCCO2)c1cccs1. The van der Waals surface area contributed by atoms with Gasteiger partial charge in [-0.05, 0) is 23.4 Å². The third-order valence-electron chi connectivity index (χ3n) is 3.88. The summed E-state index contributed by atoms with van der Waals surface area (Å²) in [6.45, 7) is 6.74. The van der Waals surface area contributed by atoms with Crippen LogP contribution in [0.3, 0.4) is 0 Å². The normalized spacial score (nSPS) is 15.6. The molecule has 0 saturated heterocycles. The maximum absolute atomic E-state index is 5.90. The molecule has 1 aliphatic rings. The molecule has 0 radical (unpaired) electrons. The van der Waals surface area contributed by atoms with Gasteiger partial charge in [-0.3, -0.25) is 0 Å². The van der Waals surface area contributed by atoms with Crippen molar-refractivity contribution < 1.29 is 9.47 Å². The summed E-state index contributed by atoms with van der Waals surface area (Å²) in [5, 5.41) is 5.82. The number of hydrogen-bond donors (Lipinski definition) is 1. The molecule has 1 N–H and O–H groups in total. The zero-order valence-electron chi connectivity index (χ0n) is 13.2. The Morgan fingerprint density at radius 1 is 1.14 bits per heavy atom. The molecule has 22 heavy (non-hydrogen) atoms. The van der Waals surface area contributed by atoms with Crippen molar-refractivity contribution in [2.45, 2.75) is 32.9 Å². The van der Waals surface area contributed by atoms with Crippen molar-refractivity contribution in [2.75, 3.05) is 13.2 Å². The summed E-state index contributed by atoms with van der Waals surface area (Å²) in [7, 11) is 0. The van der Waals surface area contributed by atoms with E-state index >= 15 is 0 Å². The highest BCUT2D eigenvalue weighted by Gasteiger charge is 2.19. The van der Waals surface area contributed by atoms with Gasteiger partial charge in [0.15, 0.2) is 11.5 Å². The Labute approximate surface area is 136 Å². The Hall–Kier alpha value is -1.52. The van der Waals surface area contributed by atoms with Crippen LogP contribution in [0.4, 0.5) is 0 Å². The molecule has 0 bridgehead atoms. The van der Waals surface area contributed by atoms with Crippen LogP contribution in [-0.2, 0) is 6.54 Å². The van der Waals surface area contributed by atoms with Crippen molar-refractivity contribution in [2.24, 2.45) is 5.92 Å². The molecule has 1 atom stereocenters. The Morgan fingerprint density at radius 2 is 2.00 bits per heavy atom. The lowest BCUT2D eigenvalue weighted by atomic mass is 10.0. The predicted octanol–water partition coefficient (Wildman–Crippen LogP) is 4.40. The Bertz CT molecular complexity index is 595. The van der Waals surface area contributed by atoms with E-state index in [-0.39, 0.29) is 0 Å². The zero-order valence-corrected chi connectivity index (χ0v) is 14.0. The molecule has 4 heteroatoms. The molecule has 0 aliphatic carbocycles. The second-order valence-corrected chi connectivity index (χ2v) is 6.89. The standard InChI is InChI=1S/C18H23NO2S/c1-13(2)17(16-8-4-11-22-16)19-12-14-6-3-7-15-18(14)21-10-5-9-20-15/h3-4,6-8,11,13,17,19H,5,9-10,12H2,1-2H3/t17-/m1/s1. The largest absolute Gasteiger partial charge is 0.490 e. The van der Waals surface area contributed by atoms with E-state index in [9.17, 15) is 0 Å². The lowest BCUT2D eigenvalue weighted by Crippen LogP contribution is -2.24. The smallest absolute Gasteiger partial charge is 0.165 e. The molecule has 118 valence electrons. The molecule has 1 aromatic carbocycles. The fourth-order valence-corrected chi connectivity index (χ4v) is 3.72. The molecular formula is C18H23NO2S. The highest BCUT2D eigenvalue weighted by Crippen LogP contribution is 2.34. The highest BCUT2D eigenvalue weighted by atomic mass is 32.1. The van der Waals surface area contributed by atoms with Gasteiger partial charge >= 0.3 is 0 Å². The number of fused-ring (bicyclic) bond motifs is 1. The van der Waals surface area contributed by atoms with Crippen LogP contribution in [0.1, 0.15) is 36.8 Å². The van der Waals surface area contributed by atoms with Gasteiger partial charge in [0.1, 0.15) is 0 Å². The van der Waals surface area contributed by atoms with E-state index in [4.69, 9.17) is 9.47 Å². The average molecular weight is 317 g/mol. The van der Waals surface area contributed by atoms with E-state index in [1.54, 1.807) is 0 Å². The zero-order chi connectivity index (χ0) is 15.4. The van der Waals surface area contributed by atoms with Crippen LogP contribution in [0.5, 0.6) is 11.5 Å². The maximum atomic E-state index is 5.90. The number of nitrogens with one attached hydrogen (secondary N) is 1. The van der Waals surface area contributed by atoms with Crippen LogP contribution in [0.2, 0.25) is 0 Å². The molecule has 0 saturated carbocycles. The summed E-state index contributed by atoms with van der Waals surface area (Å²) in [4.78, 5) is 1.38. The molecule has 2 aromatic rings. The van der Waals surface area contributed by atoms with Crippen LogP contribution in [-0.4, -0.2) is 13.2 Å². The first-order valence-corrected chi connectivity index (χ1v) is 8.78. The van der Waals surface area contributed by atoms with Gasteiger partial charge in [0.05, 0.1) is 13.2 Å². The van der Waals surface area contributed by atoms with Gasteiger partial charge in [-0.25, -0.2) is 0 Å². The third-order valence-corrected chi connectivity index (χ3v) is 4.84. The highest BCUT2D eigenvalue weighted by molar-refractivity contribution is 7.10. The fourth-order valence-electron chi connectivity index (χ4n) is 2.75. The number of hydrogen-bond acceptors (Lipinski definition) is 4. The monoisotopic (exact) mass is 317 g/mol. The third kappa shape index (κ3) is 3.45. The summed E-state index contributed by atoms with van der Waals surface area (Å²) < 4.78 is 11.7. The van der Waals surface area contributed by atoms with E-state index in [0.29, 0.717) is 12.0 Å². The molecule has 0 fully saturated rings. The number of thiophene rings is 1. The number of ether oxygens (including phenoxy) is 2. The minimum atomic E-state index is 0.363. The van der Waals surface area contributed by atoms with Crippen LogP contribution in [0.25, 0.3) is 0 Å². The molecule has 0 amide bonds. The van der Waals surface area contributed by atoms with E-state index in [2.05, 4.69) is 42.7 Å². The Kier molecular flexibility index (Phi) is 5.01. The first-order valence-electron chi connectivity index (χ1n) is 7.90. The summed E-state index contributed by atoms with van der Waals surface area (Å²) >= 11 is 1.81. The lowest BCUT2D eigenvalue weighted by molar-refractivity contribution is 0.295. The van der Waals surface area contributed by atoms with Crippen molar-refractivity contribution in [3.8, 4) is 11.5 Å².